The maximum Gasteiger partial charge on any atom is 0.188 e. The molecule has 2 heterocycles. The van der Waals surface area contributed by atoms with Crippen LogP contribution >= 0.6 is 23.1 Å². The van der Waals surface area contributed by atoms with Crippen LogP contribution < -0.4 is 0 Å². The molecule has 0 aliphatic rings. The molecule has 0 aromatic carbocycles. The molecular weight excluding hydrogens is 178 g/mol. The SMILES string of the molecule is CSc1ncc2ncsc2n1. The van der Waals surface area contributed by atoms with E-state index in [1.54, 1.807) is 34.8 Å². The first kappa shape index (κ1) is 7.00. The number of thioether (sulfide) groups is 1. The topological polar surface area (TPSA) is 38.7 Å². The first-order valence-corrected chi connectivity index (χ1v) is 5.11. The maximum absolute atomic E-state index is 4.26. The van der Waals surface area contributed by atoms with Crippen LogP contribution in [-0.2, 0) is 0 Å². The molecule has 0 spiro atoms. The minimum absolute atomic E-state index is 0.807. The van der Waals surface area contributed by atoms with Gasteiger partial charge in [0.25, 0.3) is 0 Å². The Morgan fingerprint density at radius 3 is 3.18 bits per heavy atom. The Hall–Kier alpha value is -0.680. The highest BCUT2D eigenvalue weighted by molar-refractivity contribution is 7.98. The molecule has 2 aromatic rings. The lowest BCUT2D eigenvalue weighted by molar-refractivity contribution is 1.01. The van der Waals surface area contributed by atoms with E-state index in [1.165, 1.54) is 0 Å². The molecule has 0 saturated heterocycles. The van der Waals surface area contributed by atoms with E-state index in [0.29, 0.717) is 0 Å². The predicted molar refractivity (Wildman–Crippen MR) is 47.0 cm³/mol. The Morgan fingerprint density at radius 2 is 2.36 bits per heavy atom. The van der Waals surface area contributed by atoms with Gasteiger partial charge in [0.15, 0.2) is 5.16 Å². The van der Waals surface area contributed by atoms with E-state index in [0.717, 1.165) is 15.5 Å². The Labute approximate surface area is 71.9 Å². The molecule has 0 saturated carbocycles. The predicted octanol–water partition coefficient (Wildman–Crippen LogP) is 1.81. The maximum atomic E-state index is 4.26. The monoisotopic (exact) mass is 183 g/mol. The molecule has 11 heavy (non-hydrogen) atoms. The summed E-state index contributed by atoms with van der Waals surface area (Å²) in [7, 11) is 0. The number of nitrogens with zero attached hydrogens (tertiary/aromatic N) is 3. The van der Waals surface area contributed by atoms with E-state index in [9.17, 15) is 0 Å². The first-order valence-electron chi connectivity index (χ1n) is 3.00. The third-order valence-electron chi connectivity index (χ3n) is 1.25. The summed E-state index contributed by atoms with van der Waals surface area (Å²) >= 11 is 3.08. The minimum atomic E-state index is 0.807. The van der Waals surface area contributed by atoms with Gasteiger partial charge < -0.3 is 0 Å². The van der Waals surface area contributed by atoms with Crippen molar-refractivity contribution >= 4 is 33.4 Å². The molecule has 0 atom stereocenters. The number of aromatic nitrogens is 3. The van der Waals surface area contributed by atoms with Crippen LogP contribution in [0.2, 0.25) is 0 Å². The van der Waals surface area contributed by atoms with Crippen LogP contribution in [0.4, 0.5) is 0 Å². The lowest BCUT2D eigenvalue weighted by atomic mass is 10.6. The van der Waals surface area contributed by atoms with Gasteiger partial charge in [-0.25, -0.2) is 15.0 Å². The van der Waals surface area contributed by atoms with Crippen molar-refractivity contribution < 1.29 is 0 Å². The summed E-state index contributed by atoms with van der Waals surface area (Å²) in [6, 6.07) is 0. The molecule has 0 bridgehead atoms. The smallest absolute Gasteiger partial charge is 0.188 e. The summed E-state index contributed by atoms with van der Waals surface area (Å²) in [4.78, 5) is 13.4. The normalized spacial score (nSPS) is 10.6. The fourth-order valence-electron chi connectivity index (χ4n) is 0.751. The van der Waals surface area contributed by atoms with Crippen molar-refractivity contribution in [2.45, 2.75) is 5.16 Å². The van der Waals surface area contributed by atoms with Crippen LogP contribution in [0.15, 0.2) is 16.9 Å². The molecule has 0 unspecified atom stereocenters. The lowest BCUT2D eigenvalue weighted by Gasteiger charge is -1.90. The molecule has 0 aliphatic carbocycles. The van der Waals surface area contributed by atoms with E-state index in [2.05, 4.69) is 15.0 Å². The van der Waals surface area contributed by atoms with Crippen LogP contribution in [0.3, 0.4) is 0 Å². The summed E-state index contributed by atoms with van der Waals surface area (Å²) < 4.78 is 0. The van der Waals surface area contributed by atoms with E-state index in [1.807, 2.05) is 6.26 Å². The number of hydrogen-bond acceptors (Lipinski definition) is 5. The van der Waals surface area contributed by atoms with Crippen molar-refractivity contribution in [2.75, 3.05) is 6.26 Å². The second-order valence-corrected chi connectivity index (χ2v) is 3.51. The van der Waals surface area contributed by atoms with E-state index in [4.69, 9.17) is 0 Å². The second-order valence-electron chi connectivity index (χ2n) is 1.90. The molecule has 56 valence electrons. The summed E-state index contributed by atoms with van der Waals surface area (Å²) in [5.74, 6) is 0. The van der Waals surface area contributed by atoms with Crippen molar-refractivity contribution in [1.29, 1.82) is 0 Å². The van der Waals surface area contributed by atoms with Gasteiger partial charge in [-0.1, -0.05) is 11.8 Å². The lowest BCUT2D eigenvalue weighted by Crippen LogP contribution is -1.83. The molecule has 0 N–H and O–H groups in total. The number of thiazole rings is 1. The molecule has 2 aromatic heterocycles. The molecule has 0 amide bonds. The van der Waals surface area contributed by atoms with E-state index < -0.39 is 0 Å². The van der Waals surface area contributed by atoms with Crippen LogP contribution in [0, 0.1) is 0 Å². The molecule has 0 aliphatic heterocycles. The van der Waals surface area contributed by atoms with Crippen LogP contribution in [0.25, 0.3) is 10.3 Å². The van der Waals surface area contributed by atoms with Crippen molar-refractivity contribution in [3.05, 3.63) is 11.7 Å². The van der Waals surface area contributed by atoms with E-state index >= 15 is 0 Å². The Bertz CT molecular complexity index is 371. The average Bonchev–Trinajstić information content (AvgIpc) is 2.50. The zero-order valence-corrected chi connectivity index (χ0v) is 7.45. The number of fused-ring (bicyclic) bond motifs is 1. The molecule has 5 heteroatoms. The van der Waals surface area contributed by atoms with Crippen LogP contribution in [0.5, 0.6) is 0 Å². The van der Waals surface area contributed by atoms with Gasteiger partial charge in [-0.05, 0) is 6.26 Å². The molecule has 0 fully saturated rings. The van der Waals surface area contributed by atoms with Gasteiger partial charge in [-0.2, -0.15) is 0 Å². The Morgan fingerprint density at radius 1 is 1.45 bits per heavy atom. The van der Waals surface area contributed by atoms with Gasteiger partial charge >= 0.3 is 0 Å². The van der Waals surface area contributed by atoms with Crippen LogP contribution in [0.1, 0.15) is 0 Å². The third-order valence-corrected chi connectivity index (χ3v) is 2.55. The van der Waals surface area contributed by atoms with Gasteiger partial charge in [0, 0.05) is 0 Å². The highest BCUT2D eigenvalue weighted by Crippen LogP contribution is 2.16. The van der Waals surface area contributed by atoms with Gasteiger partial charge in [0.05, 0.1) is 11.7 Å². The zero-order chi connectivity index (χ0) is 7.68. The summed E-state index contributed by atoms with van der Waals surface area (Å²) in [5.41, 5.74) is 2.66. The fraction of sp³-hybridized carbons (Fsp3) is 0.167. The highest BCUT2D eigenvalue weighted by atomic mass is 32.2. The fourth-order valence-corrected chi connectivity index (χ4v) is 1.78. The summed E-state index contributed by atoms with van der Waals surface area (Å²) in [6.07, 6.45) is 3.72. The second kappa shape index (κ2) is 2.75. The molecule has 3 nitrogen and oxygen atoms in total. The largest absolute Gasteiger partial charge is 0.241 e. The van der Waals surface area contributed by atoms with Crippen molar-refractivity contribution in [1.82, 2.24) is 15.0 Å². The molecule has 2 rings (SSSR count). The molecule has 0 radical (unpaired) electrons. The van der Waals surface area contributed by atoms with Gasteiger partial charge in [0.2, 0.25) is 0 Å². The third kappa shape index (κ3) is 1.21. The van der Waals surface area contributed by atoms with Crippen LogP contribution in [-0.4, -0.2) is 21.2 Å². The standard InChI is InChI=1S/C6H5N3S2/c1-10-6-7-2-4-5(9-6)11-3-8-4/h2-3H,1H3. The summed E-state index contributed by atoms with van der Waals surface area (Å²) in [6.45, 7) is 0. The van der Waals surface area contributed by atoms with Gasteiger partial charge in [0.1, 0.15) is 10.3 Å². The molecular formula is C6H5N3S2. The van der Waals surface area contributed by atoms with Crippen molar-refractivity contribution in [3.8, 4) is 0 Å². The van der Waals surface area contributed by atoms with E-state index in [-0.39, 0.29) is 0 Å². The number of hydrogen-bond donors (Lipinski definition) is 0. The zero-order valence-electron chi connectivity index (χ0n) is 5.81. The Kier molecular flexibility index (Phi) is 1.75. The summed E-state index contributed by atoms with van der Waals surface area (Å²) in [5, 5.41) is 0.807. The quantitative estimate of drug-likeness (QED) is 0.499. The van der Waals surface area contributed by atoms with Crippen molar-refractivity contribution in [2.24, 2.45) is 0 Å². The average molecular weight is 183 g/mol. The van der Waals surface area contributed by atoms with Gasteiger partial charge in [-0.3, -0.25) is 0 Å². The first-order chi connectivity index (χ1) is 5.40. The minimum Gasteiger partial charge on any atom is -0.241 e. The highest BCUT2D eigenvalue weighted by Gasteiger charge is 1.99. The Balaban J connectivity index is 2.67. The number of rotatable bonds is 1. The van der Waals surface area contributed by atoms with Crippen molar-refractivity contribution in [3.63, 3.8) is 0 Å². The van der Waals surface area contributed by atoms with Gasteiger partial charge in [-0.15, -0.1) is 11.3 Å².